The largest absolute Gasteiger partial charge is 0.341 e. The van der Waals surface area contributed by atoms with E-state index in [9.17, 15) is 18.0 Å². The van der Waals surface area contributed by atoms with Crippen molar-refractivity contribution >= 4 is 17.4 Å². The number of anilines is 2. The number of rotatable bonds is 7. The first kappa shape index (κ1) is 23.7. The second-order valence-corrected chi connectivity index (χ2v) is 8.67. The topological polar surface area (TPSA) is 67.2 Å². The molecule has 0 saturated carbocycles. The zero-order valence-electron chi connectivity index (χ0n) is 19.6. The molecule has 0 spiro atoms. The first-order valence-corrected chi connectivity index (χ1v) is 11.3. The molecular weight excluding hydrogens is 445 g/mol. The summed E-state index contributed by atoms with van der Waals surface area (Å²) in [6.45, 7) is 8.55. The molecule has 1 amide bonds. The Morgan fingerprint density at radius 2 is 1.76 bits per heavy atom. The molecule has 1 atom stereocenters. The summed E-state index contributed by atoms with van der Waals surface area (Å²) in [6, 6.07) is 1.72. The highest BCUT2D eigenvalue weighted by molar-refractivity contribution is 6.04. The fraction of sp³-hybridized carbons (Fsp3) is 0.417. The third kappa shape index (κ3) is 4.49. The van der Waals surface area contributed by atoms with Gasteiger partial charge in [0.1, 0.15) is 17.6 Å². The third-order valence-electron chi connectivity index (χ3n) is 5.96. The Kier molecular flexibility index (Phi) is 6.58. The van der Waals surface area contributed by atoms with Crippen molar-refractivity contribution in [1.82, 2.24) is 19.7 Å². The monoisotopic (exact) mass is 472 g/mol. The maximum atomic E-state index is 13.5. The van der Waals surface area contributed by atoms with Crippen LogP contribution in [0.3, 0.4) is 0 Å². The third-order valence-corrected chi connectivity index (χ3v) is 5.96. The minimum absolute atomic E-state index is 0.0355. The van der Waals surface area contributed by atoms with Gasteiger partial charge in [0.15, 0.2) is 23.3 Å². The van der Waals surface area contributed by atoms with Gasteiger partial charge in [0.05, 0.1) is 18.9 Å². The number of fused-ring (bicyclic) bond motifs is 1. The van der Waals surface area contributed by atoms with Crippen molar-refractivity contribution in [1.29, 1.82) is 0 Å². The van der Waals surface area contributed by atoms with Gasteiger partial charge in [-0.2, -0.15) is 5.10 Å². The molecule has 0 aliphatic carbocycles. The molecule has 1 aliphatic heterocycles. The van der Waals surface area contributed by atoms with Crippen molar-refractivity contribution in [3.05, 3.63) is 65.1 Å². The zero-order valence-corrected chi connectivity index (χ0v) is 19.6. The fourth-order valence-electron chi connectivity index (χ4n) is 4.33. The van der Waals surface area contributed by atoms with E-state index in [1.807, 2.05) is 32.6 Å². The molecule has 34 heavy (non-hydrogen) atoms. The van der Waals surface area contributed by atoms with Crippen molar-refractivity contribution in [2.45, 2.75) is 59.2 Å². The maximum Gasteiger partial charge on any atom is 0.249 e. The molecule has 0 fully saturated rings. The lowest BCUT2D eigenvalue weighted by atomic mass is 10.1. The van der Waals surface area contributed by atoms with Gasteiger partial charge in [-0.05, 0) is 57.4 Å². The van der Waals surface area contributed by atoms with E-state index in [0.29, 0.717) is 25.2 Å². The number of amides is 1. The number of hydrogen-bond donors (Lipinski definition) is 0. The van der Waals surface area contributed by atoms with Gasteiger partial charge in [-0.3, -0.25) is 9.48 Å². The van der Waals surface area contributed by atoms with Gasteiger partial charge >= 0.3 is 0 Å². The summed E-state index contributed by atoms with van der Waals surface area (Å²) in [5.41, 5.74) is 1.90. The fourth-order valence-corrected chi connectivity index (χ4v) is 4.33. The number of nitrogens with zero attached hydrogens (tertiary/aromatic N) is 6. The van der Waals surface area contributed by atoms with E-state index in [4.69, 9.17) is 4.98 Å². The van der Waals surface area contributed by atoms with Crippen LogP contribution < -0.4 is 9.80 Å². The molecule has 1 aromatic carbocycles. The van der Waals surface area contributed by atoms with Crippen molar-refractivity contribution in [3.8, 4) is 0 Å². The van der Waals surface area contributed by atoms with Gasteiger partial charge in [-0.15, -0.1) is 0 Å². The van der Waals surface area contributed by atoms with E-state index >= 15 is 0 Å². The Morgan fingerprint density at radius 3 is 2.41 bits per heavy atom. The van der Waals surface area contributed by atoms with Crippen molar-refractivity contribution in [2.24, 2.45) is 0 Å². The Balaban J connectivity index is 1.49. The van der Waals surface area contributed by atoms with E-state index in [0.717, 1.165) is 29.2 Å². The highest BCUT2D eigenvalue weighted by Gasteiger charge is 2.37. The number of carbonyl (C=O) groups excluding carboxylic acids is 1. The highest BCUT2D eigenvalue weighted by Crippen LogP contribution is 2.35. The van der Waals surface area contributed by atoms with Crippen molar-refractivity contribution < 1.29 is 18.0 Å². The molecule has 0 bridgehead atoms. The predicted molar refractivity (Wildman–Crippen MR) is 122 cm³/mol. The summed E-state index contributed by atoms with van der Waals surface area (Å²) in [7, 11) is 0. The summed E-state index contributed by atoms with van der Waals surface area (Å²) >= 11 is 0. The summed E-state index contributed by atoms with van der Waals surface area (Å²) in [4.78, 5) is 25.8. The number of carbonyl (C=O) groups is 1. The van der Waals surface area contributed by atoms with Crippen LogP contribution in [0.1, 0.15) is 44.6 Å². The van der Waals surface area contributed by atoms with Gasteiger partial charge in [0.25, 0.3) is 0 Å². The minimum Gasteiger partial charge on any atom is -0.341 e. The standard InChI is InChI=1S/C24H27F3N6O/c1-5-32-20-11-28-21(30-23(20)33(14(2)3)15(4)24(32)34)7-6-16-10-29-31(12-16)13-17-8-18(25)22(27)19(26)9-17/h8-12,14-15H,5-7,13H2,1-4H3/t15-/m0/s1. The van der Waals surface area contributed by atoms with Crippen LogP contribution >= 0.6 is 0 Å². The number of halogens is 3. The molecule has 3 aromatic rings. The molecule has 0 saturated heterocycles. The number of hydrogen-bond acceptors (Lipinski definition) is 5. The van der Waals surface area contributed by atoms with Gasteiger partial charge in [0, 0.05) is 25.2 Å². The smallest absolute Gasteiger partial charge is 0.249 e. The summed E-state index contributed by atoms with van der Waals surface area (Å²) in [6.07, 6.45) is 6.32. The van der Waals surface area contributed by atoms with Gasteiger partial charge in [-0.1, -0.05) is 0 Å². The second-order valence-electron chi connectivity index (χ2n) is 8.67. The predicted octanol–water partition coefficient (Wildman–Crippen LogP) is 3.89. The summed E-state index contributed by atoms with van der Waals surface area (Å²) in [5, 5.41) is 4.24. The van der Waals surface area contributed by atoms with E-state index in [1.165, 1.54) is 0 Å². The number of likely N-dealkylation sites (N-methyl/N-ethyl adjacent to an activating group) is 1. The van der Waals surface area contributed by atoms with Crippen LogP contribution in [0.2, 0.25) is 0 Å². The molecule has 3 heterocycles. The highest BCUT2D eigenvalue weighted by atomic mass is 19.2. The van der Waals surface area contributed by atoms with Crippen LogP contribution in [-0.2, 0) is 24.2 Å². The van der Waals surface area contributed by atoms with Crippen LogP contribution in [0.25, 0.3) is 0 Å². The Labute approximate surface area is 196 Å². The summed E-state index contributed by atoms with van der Waals surface area (Å²) in [5.74, 6) is -2.48. The number of benzene rings is 1. The lowest BCUT2D eigenvalue weighted by molar-refractivity contribution is -0.120. The quantitative estimate of drug-likeness (QED) is 0.488. The first-order chi connectivity index (χ1) is 16.2. The van der Waals surface area contributed by atoms with Crippen LogP contribution in [0.4, 0.5) is 24.7 Å². The molecule has 0 unspecified atom stereocenters. The molecule has 2 aromatic heterocycles. The number of aryl methyl sites for hydroxylation is 2. The van der Waals surface area contributed by atoms with Gasteiger partial charge in [0.2, 0.25) is 5.91 Å². The van der Waals surface area contributed by atoms with E-state index in [2.05, 4.69) is 10.1 Å². The maximum absolute atomic E-state index is 13.5. The van der Waals surface area contributed by atoms with Crippen LogP contribution in [0, 0.1) is 17.5 Å². The van der Waals surface area contributed by atoms with E-state index < -0.39 is 17.5 Å². The Bertz CT molecular complexity index is 1190. The summed E-state index contributed by atoms with van der Waals surface area (Å²) < 4.78 is 41.6. The SMILES string of the molecule is CCN1C(=O)[C@H](C)N(C(C)C)c2nc(CCc3cnn(Cc4cc(F)c(F)c(F)c4)c3)ncc21. The van der Waals surface area contributed by atoms with Crippen LogP contribution in [0.15, 0.2) is 30.7 Å². The molecule has 0 N–H and O–H groups in total. The molecule has 0 radical (unpaired) electrons. The Hall–Kier alpha value is -3.43. The molecule has 180 valence electrons. The molecule has 10 heteroatoms. The minimum atomic E-state index is -1.48. The normalized spacial score (nSPS) is 15.9. The van der Waals surface area contributed by atoms with E-state index in [-0.39, 0.29) is 30.1 Å². The van der Waals surface area contributed by atoms with Gasteiger partial charge < -0.3 is 9.80 Å². The lowest BCUT2D eigenvalue weighted by Gasteiger charge is -2.42. The first-order valence-electron chi connectivity index (χ1n) is 11.3. The lowest BCUT2D eigenvalue weighted by Crippen LogP contribution is -2.54. The molecular formula is C24H27F3N6O. The Morgan fingerprint density at radius 1 is 1.06 bits per heavy atom. The van der Waals surface area contributed by atoms with Crippen molar-refractivity contribution in [2.75, 3.05) is 16.3 Å². The van der Waals surface area contributed by atoms with Crippen LogP contribution in [0.5, 0.6) is 0 Å². The van der Waals surface area contributed by atoms with Gasteiger partial charge in [-0.25, -0.2) is 23.1 Å². The average Bonchev–Trinajstić information content (AvgIpc) is 3.24. The number of aromatic nitrogens is 4. The molecule has 7 nitrogen and oxygen atoms in total. The van der Waals surface area contributed by atoms with E-state index in [1.54, 1.807) is 28.2 Å². The molecule has 1 aliphatic rings. The van der Waals surface area contributed by atoms with Crippen molar-refractivity contribution in [3.63, 3.8) is 0 Å². The molecule has 4 rings (SSSR count). The zero-order chi connectivity index (χ0) is 24.6. The second kappa shape index (κ2) is 9.44. The average molecular weight is 473 g/mol. The van der Waals surface area contributed by atoms with Crippen LogP contribution in [-0.4, -0.2) is 44.3 Å².